The molecule has 1 aliphatic carbocycles. The molecule has 0 spiro atoms. The van der Waals surface area contributed by atoms with Crippen LogP contribution in [0.3, 0.4) is 0 Å². The number of anilines is 1. The van der Waals surface area contributed by atoms with Crippen LogP contribution in [0.25, 0.3) is 0 Å². The highest BCUT2D eigenvalue weighted by atomic mass is 32.2. The molecule has 2 aliphatic rings. The number of sulfonamides is 1. The number of hydrogen-bond acceptors (Lipinski definition) is 5. The van der Waals surface area contributed by atoms with E-state index in [1.165, 1.54) is 35.5 Å². The number of rotatable bonds is 7. The summed E-state index contributed by atoms with van der Waals surface area (Å²) in [5.41, 5.74) is 1.13. The largest absolute Gasteiger partial charge is 0.352 e. The van der Waals surface area contributed by atoms with Gasteiger partial charge in [-0.05, 0) is 74.9 Å². The van der Waals surface area contributed by atoms with Gasteiger partial charge in [-0.2, -0.15) is 4.31 Å². The molecule has 0 aromatic heterocycles. The minimum absolute atomic E-state index is 0.0506. The Bertz CT molecular complexity index is 1190. The second kappa shape index (κ2) is 11.2. The summed E-state index contributed by atoms with van der Waals surface area (Å²) in [5, 5.41) is 8.72. The second-order valence-electron chi connectivity index (χ2n) is 9.38. The fourth-order valence-corrected chi connectivity index (χ4v) is 6.53. The third kappa shape index (κ3) is 6.11. The smallest absolute Gasteiger partial charge is 0.251 e. The van der Waals surface area contributed by atoms with Gasteiger partial charge in [-0.15, -0.1) is 0 Å². The van der Waals surface area contributed by atoms with Crippen LogP contribution in [0.2, 0.25) is 0 Å². The van der Waals surface area contributed by atoms with E-state index in [-0.39, 0.29) is 41.2 Å². The molecule has 3 N–H and O–H groups in total. The maximum Gasteiger partial charge on any atom is 0.251 e. The molecule has 192 valence electrons. The lowest BCUT2D eigenvalue weighted by atomic mass is 9.90. The molecular weight excluding hydrogens is 480 g/mol. The Kier molecular flexibility index (Phi) is 8.05. The van der Waals surface area contributed by atoms with Crippen LogP contribution < -0.4 is 16.0 Å². The van der Waals surface area contributed by atoms with Gasteiger partial charge in [-0.1, -0.05) is 18.2 Å². The standard InChI is InChI=1S/C26H32N4O5S/c1-18(31)27-20-13-15-23(16-14-20)36(34,35)30-17-5-8-24(30)26(33)29-22-11-9-21(10-12-22)28-25(32)19-6-3-2-4-7-19/h2-4,6-7,13-16,21-22,24H,5,8-12,17H2,1H3,(H,27,31)(H,28,32)(H,29,33)/t21?,22?,24-/m1/s1. The monoisotopic (exact) mass is 512 g/mol. The van der Waals surface area contributed by atoms with E-state index in [1.807, 2.05) is 18.2 Å². The summed E-state index contributed by atoms with van der Waals surface area (Å²) in [4.78, 5) is 36.8. The topological polar surface area (TPSA) is 125 Å². The molecule has 1 saturated heterocycles. The van der Waals surface area contributed by atoms with Gasteiger partial charge in [0.05, 0.1) is 4.90 Å². The first-order valence-corrected chi connectivity index (χ1v) is 13.7. The molecule has 1 heterocycles. The van der Waals surface area contributed by atoms with Crippen molar-refractivity contribution in [2.24, 2.45) is 0 Å². The molecular formula is C26H32N4O5S. The quantitative estimate of drug-likeness (QED) is 0.526. The predicted octanol–water partition coefficient (Wildman–Crippen LogP) is 2.66. The number of nitrogens with one attached hydrogen (secondary N) is 3. The molecule has 0 bridgehead atoms. The average molecular weight is 513 g/mol. The predicted molar refractivity (Wildman–Crippen MR) is 136 cm³/mol. The summed E-state index contributed by atoms with van der Waals surface area (Å²) in [7, 11) is -3.86. The molecule has 36 heavy (non-hydrogen) atoms. The van der Waals surface area contributed by atoms with Gasteiger partial charge >= 0.3 is 0 Å². The van der Waals surface area contributed by atoms with E-state index in [0.717, 1.165) is 25.7 Å². The third-order valence-corrected chi connectivity index (χ3v) is 8.65. The van der Waals surface area contributed by atoms with Crippen LogP contribution in [-0.2, 0) is 19.6 Å². The van der Waals surface area contributed by atoms with E-state index in [4.69, 9.17) is 0 Å². The Morgan fingerprint density at radius 2 is 1.44 bits per heavy atom. The van der Waals surface area contributed by atoms with Crippen LogP contribution in [0.5, 0.6) is 0 Å². The number of benzene rings is 2. The minimum atomic E-state index is -3.86. The van der Waals surface area contributed by atoms with Crippen molar-refractivity contribution in [1.29, 1.82) is 0 Å². The van der Waals surface area contributed by atoms with Gasteiger partial charge in [0.2, 0.25) is 21.8 Å². The molecule has 1 saturated carbocycles. The molecule has 1 aliphatic heterocycles. The molecule has 0 radical (unpaired) electrons. The van der Waals surface area contributed by atoms with Gasteiger partial charge in [-0.25, -0.2) is 8.42 Å². The minimum Gasteiger partial charge on any atom is -0.352 e. The zero-order chi connectivity index (χ0) is 25.7. The Balaban J connectivity index is 1.31. The van der Waals surface area contributed by atoms with Gasteiger partial charge in [-0.3, -0.25) is 14.4 Å². The lowest BCUT2D eigenvalue weighted by Gasteiger charge is -2.31. The summed E-state index contributed by atoms with van der Waals surface area (Å²) in [6.45, 7) is 1.66. The lowest BCUT2D eigenvalue weighted by Crippen LogP contribution is -2.50. The lowest BCUT2D eigenvalue weighted by molar-refractivity contribution is -0.125. The summed E-state index contributed by atoms with van der Waals surface area (Å²) in [5.74, 6) is -0.614. The maximum absolute atomic E-state index is 13.3. The molecule has 2 aromatic rings. The summed E-state index contributed by atoms with van der Waals surface area (Å²) >= 11 is 0. The first-order valence-electron chi connectivity index (χ1n) is 12.3. The van der Waals surface area contributed by atoms with Crippen molar-refractivity contribution in [2.75, 3.05) is 11.9 Å². The van der Waals surface area contributed by atoms with Crippen molar-refractivity contribution in [3.63, 3.8) is 0 Å². The summed E-state index contributed by atoms with van der Waals surface area (Å²) < 4.78 is 27.8. The highest BCUT2D eigenvalue weighted by Crippen LogP contribution is 2.28. The number of nitrogens with zero attached hydrogens (tertiary/aromatic N) is 1. The second-order valence-corrected chi connectivity index (χ2v) is 11.3. The summed E-state index contributed by atoms with van der Waals surface area (Å²) in [6.07, 6.45) is 4.01. The Hall–Kier alpha value is -3.24. The first kappa shape index (κ1) is 25.8. The van der Waals surface area contributed by atoms with Crippen LogP contribution in [0, 0.1) is 0 Å². The van der Waals surface area contributed by atoms with Crippen molar-refractivity contribution in [1.82, 2.24) is 14.9 Å². The highest BCUT2D eigenvalue weighted by Gasteiger charge is 2.40. The Morgan fingerprint density at radius 3 is 2.06 bits per heavy atom. The molecule has 2 fully saturated rings. The zero-order valence-corrected chi connectivity index (χ0v) is 21.1. The van der Waals surface area contributed by atoms with Crippen LogP contribution in [0.1, 0.15) is 55.8 Å². The number of amides is 3. The van der Waals surface area contributed by atoms with Gasteiger partial charge in [0, 0.05) is 36.8 Å². The third-order valence-electron chi connectivity index (χ3n) is 6.73. The van der Waals surface area contributed by atoms with Gasteiger partial charge in [0.1, 0.15) is 6.04 Å². The van der Waals surface area contributed by atoms with E-state index in [1.54, 1.807) is 12.1 Å². The molecule has 4 rings (SSSR count). The van der Waals surface area contributed by atoms with E-state index in [0.29, 0.717) is 24.1 Å². The number of hydrogen-bond donors (Lipinski definition) is 3. The van der Waals surface area contributed by atoms with Crippen molar-refractivity contribution >= 4 is 33.4 Å². The van der Waals surface area contributed by atoms with Crippen LogP contribution >= 0.6 is 0 Å². The van der Waals surface area contributed by atoms with Gasteiger partial charge < -0.3 is 16.0 Å². The number of carbonyl (C=O) groups is 3. The fraction of sp³-hybridized carbons (Fsp3) is 0.423. The van der Waals surface area contributed by atoms with Crippen LogP contribution in [-0.4, -0.2) is 55.1 Å². The van der Waals surface area contributed by atoms with E-state index in [9.17, 15) is 22.8 Å². The Labute approximate surface area is 211 Å². The van der Waals surface area contributed by atoms with E-state index in [2.05, 4.69) is 16.0 Å². The Morgan fingerprint density at radius 1 is 0.833 bits per heavy atom. The summed E-state index contributed by atoms with van der Waals surface area (Å²) in [6, 6.07) is 14.3. The van der Waals surface area contributed by atoms with Crippen molar-refractivity contribution < 1.29 is 22.8 Å². The molecule has 9 nitrogen and oxygen atoms in total. The SMILES string of the molecule is CC(=O)Nc1ccc(S(=O)(=O)N2CCC[C@@H]2C(=O)NC2CCC(NC(=O)c3ccccc3)CC2)cc1. The van der Waals surface area contributed by atoms with Gasteiger partial charge in [0.15, 0.2) is 0 Å². The maximum atomic E-state index is 13.3. The van der Waals surface area contributed by atoms with Crippen molar-refractivity contribution in [3.8, 4) is 0 Å². The molecule has 1 atom stereocenters. The van der Waals surface area contributed by atoms with E-state index < -0.39 is 16.1 Å². The van der Waals surface area contributed by atoms with E-state index >= 15 is 0 Å². The fourth-order valence-electron chi connectivity index (χ4n) is 4.88. The molecule has 2 aromatic carbocycles. The van der Waals surface area contributed by atoms with Crippen LogP contribution in [0.4, 0.5) is 5.69 Å². The van der Waals surface area contributed by atoms with Gasteiger partial charge in [0.25, 0.3) is 5.91 Å². The molecule has 3 amide bonds. The average Bonchev–Trinajstić information content (AvgIpc) is 3.37. The number of carbonyl (C=O) groups excluding carboxylic acids is 3. The van der Waals surface area contributed by atoms with Crippen LogP contribution in [0.15, 0.2) is 59.5 Å². The van der Waals surface area contributed by atoms with Crippen molar-refractivity contribution in [2.45, 2.75) is 68.5 Å². The highest BCUT2D eigenvalue weighted by molar-refractivity contribution is 7.89. The molecule has 0 unspecified atom stereocenters. The molecule has 10 heteroatoms. The zero-order valence-electron chi connectivity index (χ0n) is 20.3. The normalized spacial score (nSPS) is 22.5. The van der Waals surface area contributed by atoms with Crippen molar-refractivity contribution in [3.05, 3.63) is 60.2 Å². The first-order chi connectivity index (χ1) is 17.2.